The number of amides is 1. The molecule has 2 aromatic rings. The SMILES string of the molecule is CC(=O)c1ccc2c(c1)[C@H](NC(=O)c1cccc(Cl)c1)[C@H](OCOP(=O)([O-])O)C(C)(C)O2.[Na+]. The Bertz CT molecular complexity index is 1090. The molecule has 1 unspecified atom stereocenters. The molecule has 0 aliphatic carbocycles. The van der Waals surface area contributed by atoms with Gasteiger partial charge < -0.3 is 24.6 Å². The van der Waals surface area contributed by atoms with Crippen LogP contribution in [0.5, 0.6) is 5.75 Å². The molecule has 0 spiro atoms. The molecule has 9 nitrogen and oxygen atoms in total. The summed E-state index contributed by atoms with van der Waals surface area (Å²) in [6.45, 7) is 3.98. The molecule has 0 bridgehead atoms. The van der Waals surface area contributed by atoms with Crippen LogP contribution < -0.4 is 44.5 Å². The fraction of sp³-hybridized carbons (Fsp3) is 0.333. The maximum absolute atomic E-state index is 13.0. The minimum Gasteiger partial charge on any atom is -0.756 e. The number of ether oxygens (including phenoxy) is 2. The number of nitrogens with one attached hydrogen (secondary N) is 1. The number of ketones is 1. The normalized spacial score (nSPS) is 20.4. The number of Topliss-reactive ketones (excluding diaryl/α,β-unsaturated/α-hetero) is 1. The molecule has 3 atom stereocenters. The topological polar surface area (TPSA) is 134 Å². The summed E-state index contributed by atoms with van der Waals surface area (Å²) in [5.74, 6) is -0.236. The first-order valence-electron chi connectivity index (χ1n) is 9.58. The van der Waals surface area contributed by atoms with Crippen LogP contribution in [0.15, 0.2) is 42.5 Å². The van der Waals surface area contributed by atoms with Crippen molar-refractivity contribution < 1.29 is 67.5 Å². The van der Waals surface area contributed by atoms with Crippen molar-refractivity contribution in [3.63, 3.8) is 0 Å². The van der Waals surface area contributed by atoms with Gasteiger partial charge in [0, 0.05) is 21.7 Å². The molecule has 3 rings (SSSR count). The van der Waals surface area contributed by atoms with Crippen molar-refractivity contribution >= 4 is 31.1 Å². The third-order valence-corrected chi connectivity index (χ3v) is 5.62. The Kier molecular flexibility index (Phi) is 9.32. The van der Waals surface area contributed by atoms with Crippen LogP contribution in [0.4, 0.5) is 0 Å². The molecule has 0 fully saturated rings. The number of carbonyl (C=O) groups excluding carboxylic acids is 2. The van der Waals surface area contributed by atoms with E-state index in [1.807, 2.05) is 0 Å². The summed E-state index contributed by atoms with van der Waals surface area (Å²) >= 11 is 6.00. The van der Waals surface area contributed by atoms with Gasteiger partial charge in [0.1, 0.15) is 17.5 Å². The van der Waals surface area contributed by atoms with Gasteiger partial charge in [-0.3, -0.25) is 18.7 Å². The summed E-state index contributed by atoms with van der Waals surface area (Å²) in [6, 6.07) is 10.3. The van der Waals surface area contributed by atoms with Crippen molar-refractivity contribution in [2.75, 3.05) is 6.79 Å². The molecule has 2 aromatic carbocycles. The summed E-state index contributed by atoms with van der Waals surface area (Å²) in [4.78, 5) is 44.7. The molecule has 0 radical (unpaired) electrons. The van der Waals surface area contributed by atoms with E-state index in [2.05, 4.69) is 9.84 Å². The van der Waals surface area contributed by atoms with Crippen LogP contribution in [-0.4, -0.2) is 35.1 Å². The molecule has 0 saturated carbocycles. The minimum atomic E-state index is -5.03. The zero-order chi connectivity index (χ0) is 23.7. The first-order chi connectivity index (χ1) is 14.9. The van der Waals surface area contributed by atoms with Gasteiger partial charge in [0.15, 0.2) is 12.6 Å². The van der Waals surface area contributed by atoms with Gasteiger partial charge in [0.2, 0.25) is 0 Å². The summed E-state index contributed by atoms with van der Waals surface area (Å²) < 4.78 is 26.9. The van der Waals surface area contributed by atoms with Crippen molar-refractivity contribution in [2.24, 2.45) is 0 Å². The zero-order valence-corrected chi connectivity index (χ0v) is 22.2. The third kappa shape index (κ3) is 7.11. The largest absolute Gasteiger partial charge is 1.00 e. The quantitative estimate of drug-likeness (QED) is 0.233. The Balaban J connectivity index is 0.00000385. The maximum Gasteiger partial charge on any atom is 1.00 e. The summed E-state index contributed by atoms with van der Waals surface area (Å²) in [7, 11) is -5.03. The summed E-state index contributed by atoms with van der Waals surface area (Å²) in [5, 5.41) is 3.23. The summed E-state index contributed by atoms with van der Waals surface area (Å²) in [6.07, 6.45) is -0.952. The number of benzene rings is 2. The minimum absolute atomic E-state index is 0. The van der Waals surface area contributed by atoms with Crippen molar-refractivity contribution in [3.8, 4) is 5.75 Å². The molecule has 172 valence electrons. The van der Waals surface area contributed by atoms with Gasteiger partial charge in [-0.05, 0) is 57.2 Å². The molecule has 1 heterocycles. The first-order valence-corrected chi connectivity index (χ1v) is 11.4. The van der Waals surface area contributed by atoms with Crippen LogP contribution in [0.3, 0.4) is 0 Å². The van der Waals surface area contributed by atoms with Crippen LogP contribution in [0.2, 0.25) is 5.02 Å². The van der Waals surface area contributed by atoms with E-state index in [0.717, 1.165) is 0 Å². The number of phosphoric acid groups is 1. The fourth-order valence-electron chi connectivity index (χ4n) is 3.48. The molecule has 1 aliphatic heterocycles. The number of fused-ring (bicyclic) bond motifs is 1. The number of hydrogen-bond acceptors (Lipinski definition) is 7. The predicted octanol–water partition coefficient (Wildman–Crippen LogP) is 0.00870. The van der Waals surface area contributed by atoms with Crippen molar-refractivity contribution in [2.45, 2.75) is 38.5 Å². The van der Waals surface area contributed by atoms with Gasteiger partial charge in [0.25, 0.3) is 13.7 Å². The van der Waals surface area contributed by atoms with E-state index in [0.29, 0.717) is 27.5 Å². The van der Waals surface area contributed by atoms with Crippen molar-refractivity contribution in [3.05, 3.63) is 64.2 Å². The molecular formula is C21H22ClNNaO8P. The number of carbonyl (C=O) groups is 2. The van der Waals surface area contributed by atoms with E-state index >= 15 is 0 Å². The second-order valence-electron chi connectivity index (χ2n) is 7.78. The van der Waals surface area contributed by atoms with Gasteiger partial charge in [-0.2, -0.15) is 0 Å². The van der Waals surface area contributed by atoms with E-state index in [4.69, 9.17) is 26.0 Å². The van der Waals surface area contributed by atoms with Gasteiger partial charge in [-0.25, -0.2) is 0 Å². The van der Waals surface area contributed by atoms with Gasteiger partial charge in [-0.1, -0.05) is 17.7 Å². The van der Waals surface area contributed by atoms with E-state index in [1.165, 1.54) is 13.0 Å². The molecular weight excluding hydrogens is 484 g/mol. The number of hydrogen-bond donors (Lipinski definition) is 2. The van der Waals surface area contributed by atoms with E-state index in [9.17, 15) is 19.0 Å². The first kappa shape index (κ1) is 28.0. The Morgan fingerprint density at radius 1 is 1.24 bits per heavy atom. The Morgan fingerprint density at radius 2 is 1.94 bits per heavy atom. The Hall–Kier alpha value is -1.26. The van der Waals surface area contributed by atoms with Gasteiger partial charge in [-0.15, -0.1) is 0 Å². The monoisotopic (exact) mass is 505 g/mol. The zero-order valence-electron chi connectivity index (χ0n) is 18.5. The number of rotatable bonds is 7. The Morgan fingerprint density at radius 3 is 2.55 bits per heavy atom. The van der Waals surface area contributed by atoms with Gasteiger partial charge >= 0.3 is 29.6 Å². The van der Waals surface area contributed by atoms with E-state index in [-0.39, 0.29) is 35.3 Å². The molecule has 1 aliphatic rings. The second-order valence-corrected chi connectivity index (χ2v) is 9.41. The number of phosphoric ester groups is 1. The van der Waals surface area contributed by atoms with E-state index < -0.39 is 38.3 Å². The van der Waals surface area contributed by atoms with Crippen LogP contribution in [0, 0.1) is 0 Å². The van der Waals surface area contributed by atoms with Crippen LogP contribution in [0.25, 0.3) is 0 Å². The maximum atomic E-state index is 13.0. The third-order valence-electron chi connectivity index (χ3n) is 4.95. The average Bonchev–Trinajstić information content (AvgIpc) is 2.68. The van der Waals surface area contributed by atoms with Crippen molar-refractivity contribution in [1.29, 1.82) is 0 Å². The van der Waals surface area contributed by atoms with Crippen LogP contribution in [0.1, 0.15) is 53.1 Å². The van der Waals surface area contributed by atoms with Crippen molar-refractivity contribution in [1.82, 2.24) is 5.32 Å². The molecule has 0 aromatic heterocycles. The van der Waals surface area contributed by atoms with Crippen LogP contribution >= 0.6 is 19.4 Å². The van der Waals surface area contributed by atoms with E-state index in [1.54, 1.807) is 50.2 Å². The molecule has 1 amide bonds. The fourth-order valence-corrected chi connectivity index (χ4v) is 3.87. The summed E-state index contributed by atoms with van der Waals surface area (Å²) in [5.41, 5.74) is 0.0959. The second kappa shape index (κ2) is 11.0. The number of halogens is 1. The van der Waals surface area contributed by atoms with Crippen LogP contribution in [-0.2, 0) is 13.8 Å². The molecule has 2 N–H and O–H groups in total. The molecule has 33 heavy (non-hydrogen) atoms. The smallest absolute Gasteiger partial charge is 0.756 e. The molecule has 12 heteroatoms. The molecule has 0 saturated heterocycles. The van der Waals surface area contributed by atoms with Gasteiger partial charge in [0.05, 0.1) is 6.04 Å². The Labute approximate surface area is 218 Å². The standard InChI is InChI=1S/C21H23ClNO8P.Na/c1-12(24)13-7-8-17-16(10-13)18(23-20(25)14-5-4-6-15(22)9-14)19(21(2,3)31-17)29-11-30-32(26,27)28;/h4-10,18-19H,11H2,1-3H3,(H,23,25)(H2,26,27,28);/q;+1/p-1/t18-,19-;/m0./s1. The predicted molar refractivity (Wildman–Crippen MR) is 113 cm³/mol. The average molecular weight is 506 g/mol.